The minimum atomic E-state index is -4.47. The van der Waals surface area contributed by atoms with Crippen LogP contribution in [0.25, 0.3) is 0 Å². The summed E-state index contributed by atoms with van der Waals surface area (Å²) in [5.41, 5.74) is -0.444. The summed E-state index contributed by atoms with van der Waals surface area (Å²) in [6.45, 7) is 4.92. The van der Waals surface area contributed by atoms with Gasteiger partial charge in [-0.25, -0.2) is 0 Å². The monoisotopic (exact) mass is 296 g/mol. The van der Waals surface area contributed by atoms with E-state index in [1.54, 1.807) is 12.1 Å². The zero-order valence-electron chi connectivity index (χ0n) is 12.1. The van der Waals surface area contributed by atoms with Crippen LogP contribution < -0.4 is 0 Å². The Morgan fingerprint density at radius 1 is 1.29 bits per heavy atom. The highest BCUT2D eigenvalue weighted by atomic mass is 19.4. The van der Waals surface area contributed by atoms with Crippen molar-refractivity contribution in [1.29, 1.82) is 5.26 Å². The van der Waals surface area contributed by atoms with E-state index >= 15 is 0 Å². The molecule has 0 bridgehead atoms. The highest BCUT2D eigenvalue weighted by Gasteiger charge is 2.35. The smallest absolute Gasteiger partial charge is 0.303 e. The molecule has 0 unspecified atom stereocenters. The fourth-order valence-electron chi connectivity index (χ4n) is 3.06. The van der Waals surface area contributed by atoms with E-state index in [1.165, 1.54) is 6.07 Å². The molecule has 1 aliphatic rings. The van der Waals surface area contributed by atoms with Gasteiger partial charge in [-0.1, -0.05) is 19.1 Å². The number of hydrogen-bond acceptors (Lipinski definition) is 2. The van der Waals surface area contributed by atoms with Gasteiger partial charge in [-0.05, 0) is 56.4 Å². The van der Waals surface area contributed by atoms with Crippen molar-refractivity contribution in [2.24, 2.45) is 0 Å². The fourth-order valence-corrected chi connectivity index (χ4v) is 3.06. The first-order chi connectivity index (χ1) is 9.97. The van der Waals surface area contributed by atoms with Crippen LogP contribution in [0, 0.1) is 11.3 Å². The maximum atomic E-state index is 13.0. The average Bonchev–Trinajstić information content (AvgIpc) is 2.46. The third kappa shape index (κ3) is 3.56. The molecule has 2 nitrogen and oxygen atoms in total. The van der Waals surface area contributed by atoms with E-state index in [0.717, 1.165) is 45.0 Å². The molecule has 0 amide bonds. The second-order valence-electron chi connectivity index (χ2n) is 5.50. The lowest BCUT2D eigenvalue weighted by Gasteiger charge is -2.32. The number of alkyl halides is 3. The lowest BCUT2D eigenvalue weighted by atomic mass is 9.85. The van der Waals surface area contributed by atoms with Gasteiger partial charge in [-0.15, -0.1) is 0 Å². The number of rotatable bonds is 3. The molecular weight excluding hydrogens is 277 g/mol. The Kier molecular flexibility index (Phi) is 4.89. The first kappa shape index (κ1) is 15.8. The Bertz CT molecular complexity index is 523. The quantitative estimate of drug-likeness (QED) is 0.837. The number of benzene rings is 1. The number of halogens is 3. The lowest BCUT2D eigenvalue weighted by molar-refractivity contribution is -0.137. The molecule has 1 aliphatic heterocycles. The van der Waals surface area contributed by atoms with Crippen molar-refractivity contribution < 1.29 is 13.2 Å². The zero-order valence-corrected chi connectivity index (χ0v) is 12.1. The highest BCUT2D eigenvalue weighted by Crippen LogP contribution is 2.37. The second kappa shape index (κ2) is 6.48. The zero-order chi connectivity index (χ0) is 15.5. The van der Waals surface area contributed by atoms with Crippen LogP contribution >= 0.6 is 0 Å². The molecule has 1 aromatic carbocycles. The molecule has 114 valence electrons. The summed E-state index contributed by atoms with van der Waals surface area (Å²) in [6, 6.07) is 5.85. The summed E-state index contributed by atoms with van der Waals surface area (Å²) in [7, 11) is 0. The molecule has 0 spiro atoms. The Morgan fingerprint density at radius 3 is 2.48 bits per heavy atom. The van der Waals surface area contributed by atoms with Gasteiger partial charge in [-0.2, -0.15) is 18.4 Å². The van der Waals surface area contributed by atoms with Gasteiger partial charge in [0.1, 0.15) is 6.07 Å². The molecule has 0 aliphatic carbocycles. The standard InChI is InChI=1S/C16H19F3N2/c1-2-8-21-9-6-12(7-10-21)13-4-3-5-15(14(13)11-20)16(17,18)19/h3-5,12H,2,6-10H2,1H3. The Balaban J connectivity index is 2.24. The van der Waals surface area contributed by atoms with Crippen molar-refractivity contribution in [2.45, 2.75) is 38.3 Å². The summed E-state index contributed by atoms with van der Waals surface area (Å²) in [5.74, 6) is 0.0510. The second-order valence-corrected chi connectivity index (χ2v) is 5.50. The van der Waals surface area contributed by atoms with E-state index in [-0.39, 0.29) is 11.5 Å². The topological polar surface area (TPSA) is 27.0 Å². The highest BCUT2D eigenvalue weighted by molar-refractivity contribution is 5.47. The summed E-state index contributed by atoms with van der Waals surface area (Å²) < 4.78 is 39.0. The number of nitrogens with zero attached hydrogens (tertiary/aromatic N) is 2. The van der Waals surface area contributed by atoms with Crippen molar-refractivity contribution in [3.63, 3.8) is 0 Å². The maximum absolute atomic E-state index is 13.0. The molecule has 0 aromatic heterocycles. The van der Waals surface area contributed by atoms with Crippen molar-refractivity contribution in [3.05, 3.63) is 34.9 Å². The average molecular weight is 296 g/mol. The van der Waals surface area contributed by atoms with Crippen molar-refractivity contribution in [2.75, 3.05) is 19.6 Å². The van der Waals surface area contributed by atoms with Crippen LogP contribution in [0.15, 0.2) is 18.2 Å². The van der Waals surface area contributed by atoms with Crippen LogP contribution in [-0.2, 0) is 6.18 Å². The molecule has 1 fully saturated rings. The van der Waals surface area contributed by atoms with Crippen LogP contribution in [0.2, 0.25) is 0 Å². The Morgan fingerprint density at radius 2 is 1.95 bits per heavy atom. The van der Waals surface area contributed by atoms with E-state index in [1.807, 2.05) is 0 Å². The summed E-state index contributed by atoms with van der Waals surface area (Å²) in [4.78, 5) is 2.33. The van der Waals surface area contributed by atoms with Gasteiger partial charge in [0, 0.05) is 0 Å². The maximum Gasteiger partial charge on any atom is 0.417 e. The van der Waals surface area contributed by atoms with E-state index in [0.29, 0.717) is 5.56 Å². The van der Waals surface area contributed by atoms with E-state index in [2.05, 4.69) is 11.8 Å². The molecule has 0 N–H and O–H groups in total. The Hall–Kier alpha value is -1.54. The third-order valence-electron chi connectivity index (χ3n) is 4.08. The van der Waals surface area contributed by atoms with Crippen molar-refractivity contribution in [3.8, 4) is 6.07 Å². The van der Waals surface area contributed by atoms with E-state index in [9.17, 15) is 13.2 Å². The number of nitriles is 1. The van der Waals surface area contributed by atoms with Gasteiger partial charge >= 0.3 is 6.18 Å². The van der Waals surface area contributed by atoms with Crippen LogP contribution in [-0.4, -0.2) is 24.5 Å². The molecule has 0 atom stereocenters. The van der Waals surface area contributed by atoms with Gasteiger partial charge in [-0.3, -0.25) is 0 Å². The van der Waals surface area contributed by atoms with Crippen LogP contribution in [0.3, 0.4) is 0 Å². The van der Waals surface area contributed by atoms with Crippen LogP contribution in [0.4, 0.5) is 13.2 Å². The first-order valence-corrected chi connectivity index (χ1v) is 7.30. The van der Waals surface area contributed by atoms with Gasteiger partial charge in [0.15, 0.2) is 0 Å². The summed E-state index contributed by atoms with van der Waals surface area (Å²) in [6.07, 6.45) is -1.76. The largest absolute Gasteiger partial charge is 0.417 e. The third-order valence-corrected chi connectivity index (χ3v) is 4.08. The number of likely N-dealkylation sites (tertiary alicyclic amines) is 1. The molecule has 21 heavy (non-hydrogen) atoms. The molecule has 1 heterocycles. The number of hydrogen-bond donors (Lipinski definition) is 0. The van der Waals surface area contributed by atoms with E-state index in [4.69, 9.17) is 5.26 Å². The first-order valence-electron chi connectivity index (χ1n) is 7.30. The van der Waals surface area contributed by atoms with E-state index < -0.39 is 11.7 Å². The van der Waals surface area contributed by atoms with Crippen molar-refractivity contribution in [1.82, 2.24) is 4.90 Å². The van der Waals surface area contributed by atoms with Gasteiger partial charge in [0.25, 0.3) is 0 Å². The SMILES string of the molecule is CCCN1CCC(c2cccc(C(F)(F)F)c2C#N)CC1. The normalized spacial score (nSPS) is 17.7. The molecule has 5 heteroatoms. The molecule has 0 radical (unpaired) electrons. The van der Waals surface area contributed by atoms with Crippen molar-refractivity contribution >= 4 is 0 Å². The lowest BCUT2D eigenvalue weighted by Crippen LogP contribution is -2.33. The molecule has 2 rings (SSSR count). The number of piperidine rings is 1. The molecule has 1 aromatic rings. The fraction of sp³-hybridized carbons (Fsp3) is 0.562. The molecule has 0 saturated carbocycles. The van der Waals surface area contributed by atoms with Gasteiger partial charge in [0.2, 0.25) is 0 Å². The summed E-state index contributed by atoms with van der Waals surface area (Å²) in [5, 5.41) is 9.17. The van der Waals surface area contributed by atoms with Crippen LogP contribution in [0.1, 0.15) is 48.8 Å². The molecule has 1 saturated heterocycles. The summed E-state index contributed by atoms with van der Waals surface area (Å²) >= 11 is 0. The van der Waals surface area contributed by atoms with Gasteiger partial charge < -0.3 is 4.90 Å². The minimum Gasteiger partial charge on any atom is -0.303 e. The predicted octanol–water partition coefficient (Wildman–Crippen LogP) is 4.17. The molecular formula is C16H19F3N2. The minimum absolute atomic E-state index is 0.0510. The Labute approximate surface area is 123 Å². The predicted molar refractivity (Wildman–Crippen MR) is 74.9 cm³/mol. The van der Waals surface area contributed by atoms with Crippen LogP contribution in [0.5, 0.6) is 0 Å². The van der Waals surface area contributed by atoms with Gasteiger partial charge in [0.05, 0.1) is 11.1 Å².